The van der Waals surface area contributed by atoms with E-state index in [4.69, 9.17) is 14.6 Å². The molecule has 8 nitrogen and oxygen atoms in total. The Kier molecular flexibility index (Phi) is 6.79. The molecular formula is C13H18N2O6. The molecule has 0 aromatic carbocycles. The number of carboxylic acid groups (broad SMARTS) is 2. The summed E-state index contributed by atoms with van der Waals surface area (Å²) in [7, 11) is 0. The van der Waals surface area contributed by atoms with Crippen LogP contribution in [-0.4, -0.2) is 40.8 Å². The number of nitrogens with one attached hydrogen (secondary N) is 2. The zero-order valence-corrected chi connectivity index (χ0v) is 11.4. The number of urea groups is 1. The van der Waals surface area contributed by atoms with Gasteiger partial charge in [0.15, 0.2) is 0 Å². The van der Waals surface area contributed by atoms with Crippen molar-refractivity contribution in [3.05, 3.63) is 24.2 Å². The van der Waals surface area contributed by atoms with Crippen molar-refractivity contribution in [2.24, 2.45) is 0 Å². The maximum Gasteiger partial charge on any atom is 0.326 e. The first kappa shape index (κ1) is 16.5. The van der Waals surface area contributed by atoms with Gasteiger partial charge < -0.3 is 25.3 Å². The molecule has 0 radical (unpaired) electrons. The van der Waals surface area contributed by atoms with Gasteiger partial charge in [-0.15, -0.1) is 0 Å². The van der Waals surface area contributed by atoms with Gasteiger partial charge in [0.05, 0.1) is 6.26 Å². The Morgan fingerprint density at radius 2 is 2.05 bits per heavy atom. The molecule has 8 heteroatoms. The number of amides is 2. The molecule has 1 rings (SSSR count). The number of hydrogen-bond donors (Lipinski definition) is 4. The molecule has 1 heterocycles. The van der Waals surface area contributed by atoms with Gasteiger partial charge in [0, 0.05) is 19.4 Å². The van der Waals surface area contributed by atoms with Gasteiger partial charge in [0.2, 0.25) is 0 Å². The van der Waals surface area contributed by atoms with Crippen LogP contribution in [0.25, 0.3) is 0 Å². The molecule has 116 valence electrons. The number of hydrogen-bond acceptors (Lipinski definition) is 4. The third kappa shape index (κ3) is 7.00. The highest BCUT2D eigenvalue weighted by molar-refractivity contribution is 5.82. The monoisotopic (exact) mass is 298 g/mol. The molecule has 0 unspecified atom stereocenters. The SMILES string of the molecule is O=C(O)CCC[C@@H](NC(=O)NCCc1ccco1)C(=O)O. The van der Waals surface area contributed by atoms with E-state index < -0.39 is 24.0 Å². The highest BCUT2D eigenvalue weighted by atomic mass is 16.4. The lowest BCUT2D eigenvalue weighted by Gasteiger charge is -2.14. The van der Waals surface area contributed by atoms with Gasteiger partial charge in [-0.3, -0.25) is 4.79 Å². The number of carboxylic acids is 2. The molecule has 1 aromatic rings. The molecular weight excluding hydrogens is 280 g/mol. The average molecular weight is 298 g/mol. The number of carbonyl (C=O) groups excluding carboxylic acids is 1. The van der Waals surface area contributed by atoms with Crippen LogP contribution in [-0.2, 0) is 16.0 Å². The van der Waals surface area contributed by atoms with Gasteiger partial charge in [0.25, 0.3) is 0 Å². The summed E-state index contributed by atoms with van der Waals surface area (Å²) in [5.41, 5.74) is 0. The zero-order chi connectivity index (χ0) is 15.7. The first-order valence-corrected chi connectivity index (χ1v) is 6.50. The second kappa shape index (κ2) is 8.62. The summed E-state index contributed by atoms with van der Waals surface area (Å²) < 4.78 is 5.09. The summed E-state index contributed by atoms with van der Waals surface area (Å²) in [5.74, 6) is -1.48. The summed E-state index contributed by atoms with van der Waals surface area (Å²) >= 11 is 0. The molecule has 1 atom stereocenters. The molecule has 0 saturated carbocycles. The minimum atomic E-state index is -1.19. The summed E-state index contributed by atoms with van der Waals surface area (Å²) in [6, 6.07) is 1.79. The Balaban J connectivity index is 2.27. The van der Waals surface area contributed by atoms with E-state index in [-0.39, 0.29) is 19.3 Å². The van der Waals surface area contributed by atoms with Crippen LogP contribution < -0.4 is 10.6 Å². The Morgan fingerprint density at radius 1 is 1.29 bits per heavy atom. The van der Waals surface area contributed by atoms with Crippen molar-refractivity contribution in [1.29, 1.82) is 0 Å². The quantitative estimate of drug-likeness (QED) is 0.534. The van der Waals surface area contributed by atoms with E-state index in [2.05, 4.69) is 10.6 Å². The largest absolute Gasteiger partial charge is 0.481 e. The summed E-state index contributed by atoms with van der Waals surface area (Å²) in [5, 5.41) is 22.3. The van der Waals surface area contributed by atoms with Gasteiger partial charge >= 0.3 is 18.0 Å². The Hall–Kier alpha value is -2.51. The highest BCUT2D eigenvalue weighted by Crippen LogP contribution is 2.02. The number of carbonyl (C=O) groups is 3. The van der Waals surface area contributed by atoms with Crippen LogP contribution in [0.15, 0.2) is 22.8 Å². The topological polar surface area (TPSA) is 129 Å². The fourth-order valence-electron chi connectivity index (χ4n) is 1.68. The van der Waals surface area contributed by atoms with E-state index in [0.717, 1.165) is 0 Å². The van der Waals surface area contributed by atoms with Gasteiger partial charge in [-0.1, -0.05) is 0 Å². The van der Waals surface area contributed by atoms with Crippen molar-refractivity contribution in [1.82, 2.24) is 10.6 Å². The Bertz CT molecular complexity index is 471. The molecule has 0 aliphatic heterocycles. The van der Waals surface area contributed by atoms with Gasteiger partial charge in [-0.25, -0.2) is 9.59 Å². The number of aliphatic carboxylic acids is 2. The lowest BCUT2D eigenvalue weighted by atomic mass is 10.1. The third-order valence-corrected chi connectivity index (χ3v) is 2.72. The van der Waals surface area contributed by atoms with E-state index in [1.807, 2.05) is 0 Å². The van der Waals surface area contributed by atoms with Gasteiger partial charge in [0.1, 0.15) is 11.8 Å². The van der Waals surface area contributed by atoms with Crippen molar-refractivity contribution in [3.63, 3.8) is 0 Å². The number of furan rings is 1. The maximum absolute atomic E-state index is 11.6. The molecule has 4 N–H and O–H groups in total. The maximum atomic E-state index is 11.6. The van der Waals surface area contributed by atoms with Crippen LogP contribution in [0, 0.1) is 0 Å². The van der Waals surface area contributed by atoms with Crippen molar-refractivity contribution in [2.75, 3.05) is 6.54 Å². The minimum absolute atomic E-state index is 0.0627. The van der Waals surface area contributed by atoms with E-state index in [1.54, 1.807) is 12.1 Å². The van der Waals surface area contributed by atoms with Crippen LogP contribution in [0.3, 0.4) is 0 Å². The van der Waals surface area contributed by atoms with E-state index in [0.29, 0.717) is 18.7 Å². The van der Waals surface area contributed by atoms with Crippen molar-refractivity contribution in [3.8, 4) is 0 Å². The molecule has 0 saturated heterocycles. The standard InChI is InChI=1S/C13H18N2O6/c16-11(17)5-1-4-10(12(18)19)15-13(20)14-7-6-9-3-2-8-21-9/h2-3,8,10H,1,4-7H2,(H,16,17)(H,18,19)(H2,14,15,20)/t10-/m1/s1. The first-order valence-electron chi connectivity index (χ1n) is 6.50. The summed E-state index contributed by atoms with van der Waals surface area (Å²) in [6.45, 7) is 0.306. The normalized spacial score (nSPS) is 11.6. The lowest BCUT2D eigenvalue weighted by molar-refractivity contribution is -0.140. The smallest absolute Gasteiger partial charge is 0.326 e. The fraction of sp³-hybridized carbons (Fsp3) is 0.462. The van der Waals surface area contributed by atoms with Crippen molar-refractivity contribution < 1.29 is 29.0 Å². The molecule has 1 aromatic heterocycles. The van der Waals surface area contributed by atoms with Crippen molar-refractivity contribution >= 4 is 18.0 Å². The van der Waals surface area contributed by atoms with Crippen LogP contribution >= 0.6 is 0 Å². The summed E-state index contributed by atoms with van der Waals surface area (Å²) in [6.07, 6.45) is 2.13. The van der Waals surface area contributed by atoms with Crippen LogP contribution in [0.5, 0.6) is 0 Å². The third-order valence-electron chi connectivity index (χ3n) is 2.72. The molecule has 0 bridgehead atoms. The van der Waals surface area contributed by atoms with E-state index in [1.165, 1.54) is 6.26 Å². The van der Waals surface area contributed by atoms with E-state index >= 15 is 0 Å². The zero-order valence-electron chi connectivity index (χ0n) is 11.4. The fourth-order valence-corrected chi connectivity index (χ4v) is 1.68. The molecule has 0 spiro atoms. The Morgan fingerprint density at radius 3 is 2.62 bits per heavy atom. The van der Waals surface area contributed by atoms with Gasteiger partial charge in [-0.05, 0) is 25.0 Å². The molecule has 0 aliphatic carbocycles. The van der Waals surface area contributed by atoms with Crippen LogP contribution in [0.1, 0.15) is 25.0 Å². The number of rotatable bonds is 9. The molecule has 0 aliphatic rings. The second-order valence-electron chi connectivity index (χ2n) is 4.41. The summed E-state index contributed by atoms with van der Waals surface area (Å²) in [4.78, 5) is 32.9. The Labute approximate surface area is 121 Å². The first-order chi connectivity index (χ1) is 9.99. The minimum Gasteiger partial charge on any atom is -0.481 e. The molecule has 21 heavy (non-hydrogen) atoms. The van der Waals surface area contributed by atoms with Gasteiger partial charge in [-0.2, -0.15) is 0 Å². The second-order valence-corrected chi connectivity index (χ2v) is 4.41. The lowest BCUT2D eigenvalue weighted by Crippen LogP contribution is -2.46. The predicted octanol–water partition coefficient (Wildman–Crippen LogP) is 0.829. The molecule has 2 amide bonds. The predicted molar refractivity (Wildman–Crippen MR) is 71.9 cm³/mol. The van der Waals surface area contributed by atoms with E-state index in [9.17, 15) is 14.4 Å². The van der Waals surface area contributed by atoms with Crippen LogP contribution in [0.2, 0.25) is 0 Å². The van der Waals surface area contributed by atoms with Crippen molar-refractivity contribution in [2.45, 2.75) is 31.7 Å². The molecule has 0 fully saturated rings. The average Bonchev–Trinajstić information content (AvgIpc) is 2.90. The highest BCUT2D eigenvalue weighted by Gasteiger charge is 2.19. The van der Waals surface area contributed by atoms with Crippen LogP contribution in [0.4, 0.5) is 4.79 Å².